The van der Waals surface area contributed by atoms with Crippen molar-refractivity contribution >= 4 is 11.6 Å². The van der Waals surface area contributed by atoms with Crippen molar-refractivity contribution < 1.29 is 14.3 Å². The maximum atomic E-state index is 13.2. The number of rotatable bonds is 5. The van der Waals surface area contributed by atoms with Crippen molar-refractivity contribution in [2.24, 2.45) is 0 Å². The molecule has 0 saturated heterocycles. The van der Waals surface area contributed by atoms with Crippen molar-refractivity contribution in [3.8, 4) is 11.8 Å². The Morgan fingerprint density at radius 2 is 2.26 bits per heavy atom. The van der Waals surface area contributed by atoms with Crippen LogP contribution in [0.1, 0.15) is 38.2 Å². The zero-order valence-electron chi connectivity index (χ0n) is 11.0. The van der Waals surface area contributed by atoms with Crippen LogP contribution in [0.4, 0.5) is 10.1 Å². The van der Waals surface area contributed by atoms with Crippen LogP contribution in [0.3, 0.4) is 0 Å². The maximum Gasteiger partial charge on any atom is 0.224 e. The number of aliphatic hydroxyl groups excluding tert-OH is 1. The number of carbonyl (C=O) groups excluding carboxylic acids is 1. The van der Waals surface area contributed by atoms with E-state index >= 15 is 0 Å². The molecule has 0 saturated carbocycles. The number of amides is 1. The lowest BCUT2D eigenvalue weighted by Crippen LogP contribution is -2.12. The molecule has 1 rings (SSSR count). The van der Waals surface area contributed by atoms with Crippen LogP contribution in [0.25, 0.3) is 0 Å². The van der Waals surface area contributed by atoms with Gasteiger partial charge in [0.25, 0.3) is 0 Å². The fourth-order valence-corrected chi connectivity index (χ4v) is 1.49. The van der Waals surface area contributed by atoms with Crippen molar-refractivity contribution in [2.75, 3.05) is 11.9 Å². The van der Waals surface area contributed by atoms with Crippen molar-refractivity contribution in [3.63, 3.8) is 0 Å². The number of nitrogens with one attached hydrogen (secondary N) is 1. The SMILES string of the molecule is CCCCC(=O)Nc1ccc(F)cc1C#CCCO. The summed E-state index contributed by atoms with van der Waals surface area (Å²) in [5.74, 6) is 4.97. The van der Waals surface area contributed by atoms with Crippen LogP contribution < -0.4 is 5.32 Å². The van der Waals surface area contributed by atoms with Gasteiger partial charge in [0.2, 0.25) is 5.91 Å². The highest BCUT2D eigenvalue weighted by Crippen LogP contribution is 2.16. The van der Waals surface area contributed by atoms with Gasteiger partial charge in [-0.3, -0.25) is 4.79 Å². The summed E-state index contributed by atoms with van der Waals surface area (Å²) in [5, 5.41) is 11.4. The van der Waals surface area contributed by atoms with Crippen LogP contribution in [0.15, 0.2) is 18.2 Å². The van der Waals surface area contributed by atoms with E-state index in [0.29, 0.717) is 24.1 Å². The summed E-state index contributed by atoms with van der Waals surface area (Å²) in [5.41, 5.74) is 0.936. The van der Waals surface area contributed by atoms with Gasteiger partial charge in [0.05, 0.1) is 17.9 Å². The molecule has 0 spiro atoms. The molecule has 2 N–H and O–H groups in total. The van der Waals surface area contributed by atoms with Gasteiger partial charge >= 0.3 is 0 Å². The van der Waals surface area contributed by atoms with Gasteiger partial charge < -0.3 is 10.4 Å². The van der Waals surface area contributed by atoms with Crippen LogP contribution >= 0.6 is 0 Å². The molecule has 19 heavy (non-hydrogen) atoms. The predicted octanol–water partition coefficient (Wildman–Crippen LogP) is 2.69. The molecule has 1 aromatic rings. The molecule has 0 aliphatic heterocycles. The van der Waals surface area contributed by atoms with Crippen molar-refractivity contribution in [3.05, 3.63) is 29.6 Å². The predicted molar refractivity (Wildman–Crippen MR) is 73.1 cm³/mol. The molecule has 4 heteroatoms. The second-order valence-electron chi connectivity index (χ2n) is 4.12. The highest BCUT2D eigenvalue weighted by Gasteiger charge is 2.06. The van der Waals surface area contributed by atoms with Crippen molar-refractivity contribution in [1.82, 2.24) is 0 Å². The summed E-state index contributed by atoms with van der Waals surface area (Å²) in [6, 6.07) is 4.06. The van der Waals surface area contributed by atoms with Gasteiger partial charge in [0, 0.05) is 12.8 Å². The quantitative estimate of drug-likeness (QED) is 0.802. The highest BCUT2D eigenvalue weighted by atomic mass is 19.1. The first-order valence-corrected chi connectivity index (χ1v) is 6.36. The lowest BCUT2D eigenvalue weighted by molar-refractivity contribution is -0.116. The van der Waals surface area contributed by atoms with Gasteiger partial charge in [-0.25, -0.2) is 4.39 Å². The molecule has 0 aliphatic carbocycles. The fourth-order valence-electron chi connectivity index (χ4n) is 1.49. The number of hydrogen-bond donors (Lipinski definition) is 2. The summed E-state index contributed by atoms with van der Waals surface area (Å²) in [6.07, 6.45) is 2.52. The molecule has 3 nitrogen and oxygen atoms in total. The maximum absolute atomic E-state index is 13.2. The lowest BCUT2D eigenvalue weighted by Gasteiger charge is -2.07. The third-order valence-corrected chi connectivity index (χ3v) is 2.47. The van der Waals surface area contributed by atoms with Crippen molar-refractivity contribution in [1.29, 1.82) is 0 Å². The zero-order valence-corrected chi connectivity index (χ0v) is 11.0. The summed E-state index contributed by atoms with van der Waals surface area (Å²) in [6.45, 7) is 1.97. The van der Waals surface area contributed by atoms with E-state index in [-0.39, 0.29) is 12.5 Å². The monoisotopic (exact) mass is 263 g/mol. The Kier molecular flexibility index (Phi) is 6.62. The number of anilines is 1. The molecule has 0 radical (unpaired) electrons. The lowest BCUT2D eigenvalue weighted by atomic mass is 10.1. The van der Waals surface area contributed by atoms with Crippen LogP contribution in [0.5, 0.6) is 0 Å². The Labute approximate surface area is 112 Å². The minimum Gasteiger partial charge on any atom is -0.395 e. The summed E-state index contributed by atoms with van der Waals surface area (Å²) < 4.78 is 13.2. The normalized spacial score (nSPS) is 9.63. The summed E-state index contributed by atoms with van der Waals surface area (Å²) in [4.78, 5) is 11.6. The van der Waals surface area contributed by atoms with E-state index in [4.69, 9.17) is 5.11 Å². The molecule has 0 fully saturated rings. The van der Waals surface area contributed by atoms with Gasteiger partial charge in [0.1, 0.15) is 5.82 Å². The van der Waals surface area contributed by atoms with Crippen molar-refractivity contribution in [2.45, 2.75) is 32.6 Å². The topological polar surface area (TPSA) is 49.3 Å². The Morgan fingerprint density at radius 1 is 1.47 bits per heavy atom. The van der Waals surface area contributed by atoms with E-state index in [2.05, 4.69) is 17.2 Å². The Bertz CT molecular complexity index is 489. The van der Waals surface area contributed by atoms with Gasteiger partial charge in [-0.2, -0.15) is 0 Å². The first-order chi connectivity index (χ1) is 9.17. The molecule has 1 amide bonds. The number of halogens is 1. The van der Waals surface area contributed by atoms with E-state index in [1.807, 2.05) is 6.92 Å². The summed E-state index contributed by atoms with van der Waals surface area (Å²) >= 11 is 0. The average molecular weight is 263 g/mol. The van der Waals surface area contributed by atoms with Crippen LogP contribution in [-0.2, 0) is 4.79 Å². The molecule has 0 heterocycles. The molecule has 102 valence electrons. The highest BCUT2D eigenvalue weighted by molar-refractivity contribution is 5.92. The number of benzene rings is 1. The number of unbranched alkanes of at least 4 members (excludes halogenated alkanes) is 1. The fraction of sp³-hybridized carbons (Fsp3) is 0.400. The van der Waals surface area contributed by atoms with E-state index in [9.17, 15) is 9.18 Å². The Balaban J connectivity index is 2.82. The first kappa shape index (κ1) is 15.2. The second-order valence-corrected chi connectivity index (χ2v) is 4.12. The minimum absolute atomic E-state index is 0.0412. The van der Waals surface area contributed by atoms with Gasteiger partial charge in [0.15, 0.2) is 0 Å². The molecule has 0 aromatic heterocycles. The smallest absolute Gasteiger partial charge is 0.224 e. The van der Waals surface area contributed by atoms with Crippen LogP contribution in [0, 0.1) is 17.7 Å². The molecular weight excluding hydrogens is 245 g/mol. The first-order valence-electron chi connectivity index (χ1n) is 6.36. The third kappa shape index (κ3) is 5.54. The number of carbonyl (C=O) groups is 1. The van der Waals surface area contributed by atoms with E-state index in [0.717, 1.165) is 12.8 Å². The van der Waals surface area contributed by atoms with E-state index in [1.165, 1.54) is 18.2 Å². The third-order valence-electron chi connectivity index (χ3n) is 2.47. The second kappa shape index (κ2) is 8.28. The van der Waals surface area contributed by atoms with Gasteiger partial charge in [-0.05, 0) is 24.6 Å². The van der Waals surface area contributed by atoms with Crippen LogP contribution in [0.2, 0.25) is 0 Å². The largest absolute Gasteiger partial charge is 0.395 e. The molecule has 0 aliphatic rings. The molecule has 0 atom stereocenters. The Morgan fingerprint density at radius 3 is 2.95 bits per heavy atom. The number of hydrogen-bond acceptors (Lipinski definition) is 2. The average Bonchev–Trinajstić information content (AvgIpc) is 2.39. The van der Waals surface area contributed by atoms with E-state index in [1.54, 1.807) is 0 Å². The molecule has 0 unspecified atom stereocenters. The van der Waals surface area contributed by atoms with Gasteiger partial charge in [-0.1, -0.05) is 25.2 Å². The van der Waals surface area contributed by atoms with Gasteiger partial charge in [-0.15, -0.1) is 0 Å². The zero-order chi connectivity index (χ0) is 14.1. The Hall–Kier alpha value is -1.86. The number of aliphatic hydroxyl groups is 1. The molecule has 0 bridgehead atoms. The minimum atomic E-state index is -0.403. The molecule has 1 aromatic carbocycles. The summed E-state index contributed by atoms with van der Waals surface area (Å²) in [7, 11) is 0. The molecular formula is C15H18FNO2. The standard InChI is InChI=1S/C15H18FNO2/c1-2-3-7-15(19)17-14-9-8-13(16)11-12(14)6-4-5-10-18/h8-9,11,18H,2-3,5,7,10H2,1H3,(H,17,19). The van der Waals surface area contributed by atoms with Crippen LogP contribution in [-0.4, -0.2) is 17.6 Å². The van der Waals surface area contributed by atoms with E-state index < -0.39 is 5.82 Å².